The van der Waals surface area contributed by atoms with E-state index in [1.165, 1.54) is 30.0 Å². The summed E-state index contributed by atoms with van der Waals surface area (Å²) < 4.78 is 11.2. The molecule has 1 amide bonds. The SMILES string of the molecule is O=C1SCC(OCOC2CCCC2)=NN1Cc1ccc([N+](=O)[O-])cc1. The fraction of sp³-hybridized carbons (Fsp3) is 0.500. The highest BCUT2D eigenvalue weighted by atomic mass is 32.2. The van der Waals surface area contributed by atoms with Crippen LogP contribution in [-0.4, -0.2) is 39.7 Å². The number of carbonyl (C=O) groups is 1. The van der Waals surface area contributed by atoms with E-state index in [-0.39, 0.29) is 30.4 Å². The number of thioether (sulfide) groups is 1. The molecule has 8 nitrogen and oxygen atoms in total. The van der Waals surface area contributed by atoms with Gasteiger partial charge in [0.15, 0.2) is 6.79 Å². The van der Waals surface area contributed by atoms with Crippen LogP contribution in [0.4, 0.5) is 10.5 Å². The van der Waals surface area contributed by atoms with Crippen molar-refractivity contribution in [3.05, 3.63) is 39.9 Å². The Morgan fingerprint density at radius 2 is 2.00 bits per heavy atom. The molecule has 0 saturated heterocycles. The van der Waals surface area contributed by atoms with Crippen molar-refractivity contribution >= 4 is 28.6 Å². The lowest BCUT2D eigenvalue weighted by Gasteiger charge is -2.23. The van der Waals surface area contributed by atoms with Gasteiger partial charge in [0.2, 0.25) is 5.90 Å². The van der Waals surface area contributed by atoms with Crippen molar-refractivity contribution in [2.45, 2.75) is 38.3 Å². The molecule has 3 rings (SSSR count). The van der Waals surface area contributed by atoms with Gasteiger partial charge in [0, 0.05) is 12.1 Å². The number of rotatable bonds is 6. The number of amides is 1. The number of nitrogens with zero attached hydrogens (tertiary/aromatic N) is 3. The van der Waals surface area contributed by atoms with Crippen molar-refractivity contribution in [2.24, 2.45) is 5.10 Å². The highest BCUT2D eigenvalue weighted by Gasteiger charge is 2.23. The fourth-order valence-electron chi connectivity index (χ4n) is 2.72. The van der Waals surface area contributed by atoms with E-state index in [4.69, 9.17) is 9.47 Å². The minimum absolute atomic E-state index is 0.0136. The van der Waals surface area contributed by atoms with E-state index in [0.29, 0.717) is 11.7 Å². The summed E-state index contributed by atoms with van der Waals surface area (Å²) in [5.74, 6) is 0.827. The standard InChI is InChI=1S/C16H19N3O5S/c20-16-18(9-12-5-7-13(8-6-12)19(21)22)17-15(10-25-16)24-11-23-14-3-1-2-4-14/h5-8,14H,1-4,9-11H2. The van der Waals surface area contributed by atoms with Gasteiger partial charge in [-0.1, -0.05) is 36.7 Å². The molecule has 0 unspecified atom stereocenters. The molecule has 1 saturated carbocycles. The summed E-state index contributed by atoms with van der Waals surface area (Å²) in [5, 5.41) is 16.0. The van der Waals surface area contributed by atoms with Gasteiger partial charge in [-0.3, -0.25) is 14.9 Å². The Morgan fingerprint density at radius 3 is 2.68 bits per heavy atom. The molecular weight excluding hydrogens is 346 g/mol. The second-order valence-electron chi connectivity index (χ2n) is 5.86. The molecule has 0 spiro atoms. The maximum absolute atomic E-state index is 12.0. The molecule has 1 aliphatic carbocycles. The van der Waals surface area contributed by atoms with Crippen LogP contribution in [0, 0.1) is 10.1 Å². The topological polar surface area (TPSA) is 94.3 Å². The van der Waals surface area contributed by atoms with Gasteiger partial charge in [-0.25, -0.2) is 5.01 Å². The van der Waals surface area contributed by atoms with Crippen molar-refractivity contribution in [3.63, 3.8) is 0 Å². The van der Waals surface area contributed by atoms with Crippen LogP contribution < -0.4 is 0 Å². The zero-order valence-corrected chi connectivity index (χ0v) is 14.4. The summed E-state index contributed by atoms with van der Waals surface area (Å²) in [4.78, 5) is 22.2. The van der Waals surface area contributed by atoms with Crippen molar-refractivity contribution in [1.82, 2.24) is 5.01 Å². The molecule has 2 aliphatic rings. The van der Waals surface area contributed by atoms with Gasteiger partial charge in [-0.05, 0) is 18.4 Å². The second kappa shape index (κ2) is 8.30. The van der Waals surface area contributed by atoms with E-state index in [1.807, 2.05) is 0 Å². The molecule has 0 bridgehead atoms. The molecule has 0 atom stereocenters. The number of nitro benzene ring substituents is 1. The van der Waals surface area contributed by atoms with Crippen molar-refractivity contribution < 1.29 is 19.2 Å². The van der Waals surface area contributed by atoms with Crippen LogP contribution in [0.15, 0.2) is 29.4 Å². The molecule has 1 heterocycles. The molecule has 25 heavy (non-hydrogen) atoms. The second-order valence-corrected chi connectivity index (χ2v) is 6.79. The van der Waals surface area contributed by atoms with Crippen LogP contribution in [0.3, 0.4) is 0 Å². The molecule has 1 fully saturated rings. The Balaban J connectivity index is 1.55. The number of carbonyl (C=O) groups excluding carboxylic acids is 1. The maximum Gasteiger partial charge on any atom is 0.302 e. The average molecular weight is 365 g/mol. The average Bonchev–Trinajstić information content (AvgIpc) is 3.11. The summed E-state index contributed by atoms with van der Waals surface area (Å²) in [6, 6.07) is 6.05. The first-order valence-corrected chi connectivity index (χ1v) is 9.10. The Labute approximate surface area is 149 Å². The molecule has 1 aliphatic heterocycles. The van der Waals surface area contributed by atoms with Gasteiger partial charge < -0.3 is 9.47 Å². The van der Waals surface area contributed by atoms with Gasteiger partial charge >= 0.3 is 5.24 Å². The zero-order chi connectivity index (χ0) is 17.6. The minimum Gasteiger partial charge on any atom is -0.452 e. The fourth-order valence-corrected chi connectivity index (χ4v) is 3.36. The molecule has 0 radical (unpaired) electrons. The summed E-state index contributed by atoms with van der Waals surface area (Å²) in [6.07, 6.45) is 4.78. The number of benzene rings is 1. The van der Waals surface area contributed by atoms with Crippen molar-refractivity contribution in [3.8, 4) is 0 Å². The third-order valence-corrected chi connectivity index (χ3v) is 4.92. The normalized spacial score (nSPS) is 18.3. The van der Waals surface area contributed by atoms with Gasteiger partial charge in [0.05, 0.1) is 23.3 Å². The van der Waals surface area contributed by atoms with Crippen LogP contribution in [0.5, 0.6) is 0 Å². The Kier molecular flexibility index (Phi) is 5.87. The smallest absolute Gasteiger partial charge is 0.302 e. The molecular formula is C16H19N3O5S. The van der Waals surface area contributed by atoms with E-state index < -0.39 is 4.92 Å². The Hall–Kier alpha value is -2.13. The third-order valence-electron chi connectivity index (χ3n) is 4.07. The first-order valence-electron chi connectivity index (χ1n) is 8.11. The molecule has 1 aromatic carbocycles. The van der Waals surface area contributed by atoms with Crippen LogP contribution >= 0.6 is 11.8 Å². The molecule has 1 aromatic rings. The lowest BCUT2D eigenvalue weighted by Crippen LogP contribution is -2.30. The minimum atomic E-state index is -0.458. The van der Waals surface area contributed by atoms with Crippen molar-refractivity contribution in [2.75, 3.05) is 12.5 Å². The van der Waals surface area contributed by atoms with E-state index in [2.05, 4.69) is 5.10 Å². The lowest BCUT2D eigenvalue weighted by molar-refractivity contribution is -0.384. The molecule has 134 valence electrons. The van der Waals surface area contributed by atoms with Crippen LogP contribution in [0.25, 0.3) is 0 Å². The van der Waals surface area contributed by atoms with E-state index in [1.54, 1.807) is 12.1 Å². The highest BCUT2D eigenvalue weighted by Crippen LogP contribution is 2.22. The van der Waals surface area contributed by atoms with Crippen LogP contribution in [0.2, 0.25) is 0 Å². The van der Waals surface area contributed by atoms with E-state index in [9.17, 15) is 14.9 Å². The number of nitro groups is 1. The number of ether oxygens (including phenoxy) is 2. The summed E-state index contributed by atoms with van der Waals surface area (Å²) >= 11 is 1.11. The third kappa shape index (κ3) is 4.93. The van der Waals surface area contributed by atoms with E-state index >= 15 is 0 Å². The first-order chi connectivity index (χ1) is 12.1. The van der Waals surface area contributed by atoms with Crippen LogP contribution in [-0.2, 0) is 16.0 Å². The number of hydrogen-bond donors (Lipinski definition) is 0. The molecule has 9 heteroatoms. The maximum atomic E-state index is 12.0. The van der Waals surface area contributed by atoms with Gasteiger partial charge in [-0.2, -0.15) is 0 Å². The highest BCUT2D eigenvalue weighted by molar-refractivity contribution is 8.14. The van der Waals surface area contributed by atoms with E-state index in [0.717, 1.165) is 30.2 Å². The number of non-ortho nitro benzene ring substituents is 1. The molecule has 0 N–H and O–H groups in total. The van der Waals surface area contributed by atoms with Gasteiger partial charge in [0.25, 0.3) is 5.69 Å². The van der Waals surface area contributed by atoms with Crippen LogP contribution in [0.1, 0.15) is 31.2 Å². The summed E-state index contributed by atoms with van der Waals surface area (Å²) in [5.41, 5.74) is 0.770. The monoisotopic (exact) mass is 365 g/mol. The summed E-state index contributed by atoms with van der Waals surface area (Å²) in [6.45, 7) is 0.379. The van der Waals surface area contributed by atoms with Crippen molar-refractivity contribution in [1.29, 1.82) is 0 Å². The zero-order valence-electron chi connectivity index (χ0n) is 13.6. The predicted octanol–water partition coefficient (Wildman–Crippen LogP) is 3.51. The lowest BCUT2D eigenvalue weighted by atomic mass is 10.2. The number of hydrogen-bond acceptors (Lipinski definition) is 7. The summed E-state index contributed by atoms with van der Waals surface area (Å²) in [7, 11) is 0. The number of hydrazone groups is 1. The quantitative estimate of drug-likeness (QED) is 0.435. The van der Waals surface area contributed by atoms with Gasteiger partial charge in [-0.15, -0.1) is 5.10 Å². The Morgan fingerprint density at radius 1 is 1.28 bits per heavy atom. The first kappa shape index (κ1) is 17.7. The Bertz CT molecular complexity index is 658. The molecule has 0 aromatic heterocycles. The predicted molar refractivity (Wildman–Crippen MR) is 93.2 cm³/mol. The largest absolute Gasteiger partial charge is 0.452 e. The van der Waals surface area contributed by atoms with Gasteiger partial charge in [0.1, 0.15) is 0 Å².